The molecule has 2 amide bonds. The summed E-state index contributed by atoms with van der Waals surface area (Å²) in [5.74, 6) is -1.25. The van der Waals surface area contributed by atoms with Gasteiger partial charge in [0.2, 0.25) is 11.8 Å². The highest BCUT2D eigenvalue weighted by Crippen LogP contribution is 2.22. The number of amides is 2. The summed E-state index contributed by atoms with van der Waals surface area (Å²) in [5, 5.41) is 14.1. The Morgan fingerprint density at radius 2 is 1.62 bits per heavy atom. The standard InChI is InChI=1S/C18H17IN2O4S/c19-12-4-6-13(7-5-12)20-17(23)11-26-15-3-1-2-14(10-15)21-16(22)8-9-18(24)25/h1-7,10H,8-9,11H2,(H,20,23)(H,21,22)(H,24,25). The molecule has 136 valence electrons. The number of hydrogen-bond donors (Lipinski definition) is 3. The molecule has 0 spiro atoms. The molecular weight excluding hydrogens is 467 g/mol. The Morgan fingerprint density at radius 3 is 2.31 bits per heavy atom. The Hall–Kier alpha value is -2.07. The molecule has 0 saturated heterocycles. The number of hydrogen-bond acceptors (Lipinski definition) is 4. The van der Waals surface area contributed by atoms with Gasteiger partial charge in [0.1, 0.15) is 0 Å². The van der Waals surface area contributed by atoms with Gasteiger partial charge in [-0.15, -0.1) is 11.8 Å². The largest absolute Gasteiger partial charge is 0.481 e. The van der Waals surface area contributed by atoms with Crippen molar-refractivity contribution in [3.63, 3.8) is 0 Å². The lowest BCUT2D eigenvalue weighted by Gasteiger charge is -2.08. The van der Waals surface area contributed by atoms with E-state index in [0.29, 0.717) is 5.69 Å². The molecule has 0 atom stereocenters. The molecule has 0 aromatic heterocycles. The highest BCUT2D eigenvalue weighted by molar-refractivity contribution is 14.1. The fraction of sp³-hybridized carbons (Fsp3) is 0.167. The van der Waals surface area contributed by atoms with Crippen LogP contribution in [0, 0.1) is 3.57 Å². The lowest BCUT2D eigenvalue weighted by Crippen LogP contribution is -2.14. The van der Waals surface area contributed by atoms with Crippen molar-refractivity contribution in [2.24, 2.45) is 0 Å². The summed E-state index contributed by atoms with van der Waals surface area (Å²) in [7, 11) is 0. The molecule has 6 nitrogen and oxygen atoms in total. The molecule has 2 aromatic carbocycles. The van der Waals surface area contributed by atoms with E-state index < -0.39 is 5.97 Å². The molecule has 2 rings (SSSR count). The van der Waals surface area contributed by atoms with E-state index >= 15 is 0 Å². The summed E-state index contributed by atoms with van der Waals surface area (Å²) in [4.78, 5) is 35.0. The number of nitrogens with one attached hydrogen (secondary N) is 2. The first kappa shape index (κ1) is 20.2. The van der Waals surface area contributed by atoms with Gasteiger partial charge in [0.25, 0.3) is 0 Å². The number of aliphatic carboxylic acids is 1. The maximum Gasteiger partial charge on any atom is 0.303 e. The van der Waals surface area contributed by atoms with Gasteiger partial charge in [-0.25, -0.2) is 0 Å². The van der Waals surface area contributed by atoms with Crippen LogP contribution in [0.25, 0.3) is 0 Å². The highest BCUT2D eigenvalue weighted by atomic mass is 127. The number of carboxylic acids is 1. The van der Waals surface area contributed by atoms with Gasteiger partial charge in [-0.05, 0) is 65.1 Å². The van der Waals surface area contributed by atoms with Crippen LogP contribution in [0.4, 0.5) is 11.4 Å². The van der Waals surface area contributed by atoms with Crippen LogP contribution >= 0.6 is 34.4 Å². The van der Waals surface area contributed by atoms with Crippen LogP contribution < -0.4 is 10.6 Å². The molecule has 0 saturated carbocycles. The fourth-order valence-electron chi connectivity index (χ4n) is 1.99. The van der Waals surface area contributed by atoms with Crippen molar-refractivity contribution >= 4 is 63.5 Å². The average Bonchev–Trinajstić information content (AvgIpc) is 2.60. The van der Waals surface area contributed by atoms with Crippen molar-refractivity contribution in [3.05, 3.63) is 52.1 Å². The van der Waals surface area contributed by atoms with Crippen molar-refractivity contribution in [3.8, 4) is 0 Å². The second-order valence-corrected chi connectivity index (χ2v) is 7.61. The quantitative estimate of drug-likeness (QED) is 0.391. The van der Waals surface area contributed by atoms with E-state index in [0.717, 1.165) is 14.2 Å². The molecule has 26 heavy (non-hydrogen) atoms. The van der Waals surface area contributed by atoms with Crippen molar-refractivity contribution in [2.75, 3.05) is 16.4 Å². The monoisotopic (exact) mass is 484 g/mol. The van der Waals surface area contributed by atoms with E-state index in [1.807, 2.05) is 30.3 Å². The molecule has 2 aromatic rings. The lowest BCUT2D eigenvalue weighted by molar-refractivity contribution is -0.138. The summed E-state index contributed by atoms with van der Waals surface area (Å²) >= 11 is 3.55. The molecule has 0 aliphatic heterocycles. The predicted octanol–water partition coefficient (Wildman–Crippen LogP) is 3.83. The molecule has 3 N–H and O–H groups in total. The van der Waals surface area contributed by atoms with Crippen LogP contribution in [0.1, 0.15) is 12.8 Å². The molecule has 0 heterocycles. The van der Waals surface area contributed by atoms with Crippen molar-refractivity contribution in [2.45, 2.75) is 17.7 Å². The van der Waals surface area contributed by atoms with Crippen molar-refractivity contribution in [1.82, 2.24) is 0 Å². The molecule has 0 unspecified atom stereocenters. The first-order valence-electron chi connectivity index (χ1n) is 7.72. The lowest BCUT2D eigenvalue weighted by atomic mass is 10.2. The van der Waals surface area contributed by atoms with Crippen LogP contribution in [0.15, 0.2) is 53.4 Å². The number of anilines is 2. The average molecular weight is 484 g/mol. The van der Waals surface area contributed by atoms with E-state index in [9.17, 15) is 14.4 Å². The van der Waals surface area contributed by atoms with E-state index in [1.54, 1.807) is 18.2 Å². The van der Waals surface area contributed by atoms with Crippen molar-refractivity contribution in [1.29, 1.82) is 0 Å². The van der Waals surface area contributed by atoms with E-state index in [-0.39, 0.29) is 30.4 Å². The Balaban J connectivity index is 1.83. The molecule has 0 aliphatic carbocycles. The predicted molar refractivity (Wildman–Crippen MR) is 110 cm³/mol. The SMILES string of the molecule is O=C(O)CCC(=O)Nc1cccc(SCC(=O)Nc2ccc(I)cc2)c1. The summed E-state index contributed by atoms with van der Waals surface area (Å²) in [6.07, 6.45) is -0.288. The summed E-state index contributed by atoms with van der Waals surface area (Å²) < 4.78 is 1.09. The van der Waals surface area contributed by atoms with Crippen molar-refractivity contribution < 1.29 is 19.5 Å². The van der Waals surface area contributed by atoms with Gasteiger partial charge in [0.15, 0.2) is 0 Å². The van der Waals surface area contributed by atoms with Gasteiger partial charge < -0.3 is 15.7 Å². The topological polar surface area (TPSA) is 95.5 Å². The first-order valence-corrected chi connectivity index (χ1v) is 9.79. The second kappa shape index (κ2) is 10.2. The third-order valence-electron chi connectivity index (χ3n) is 3.18. The third-order valence-corrected chi connectivity index (χ3v) is 4.89. The summed E-state index contributed by atoms with van der Waals surface area (Å²) in [6.45, 7) is 0. The second-order valence-electron chi connectivity index (χ2n) is 5.31. The van der Waals surface area contributed by atoms with Gasteiger partial charge in [-0.2, -0.15) is 0 Å². The van der Waals surface area contributed by atoms with E-state index in [1.165, 1.54) is 11.8 Å². The number of thioether (sulfide) groups is 1. The number of benzene rings is 2. The minimum Gasteiger partial charge on any atom is -0.481 e. The minimum absolute atomic E-state index is 0.0783. The number of halogens is 1. The molecule has 0 bridgehead atoms. The van der Waals surface area contributed by atoms with E-state index in [2.05, 4.69) is 33.2 Å². The first-order chi connectivity index (χ1) is 12.4. The van der Waals surface area contributed by atoms with Crippen LogP contribution in [-0.4, -0.2) is 28.6 Å². The minimum atomic E-state index is -1.01. The summed E-state index contributed by atoms with van der Waals surface area (Å²) in [6, 6.07) is 14.6. The third kappa shape index (κ3) is 7.44. The molecule has 0 radical (unpaired) electrons. The number of carboxylic acid groups (broad SMARTS) is 1. The van der Waals surface area contributed by atoms with Crippen LogP contribution in [0.2, 0.25) is 0 Å². The maximum atomic E-state index is 12.0. The van der Waals surface area contributed by atoms with Crippen LogP contribution in [-0.2, 0) is 14.4 Å². The number of carbonyl (C=O) groups is 3. The Bertz CT molecular complexity index is 796. The molecular formula is C18H17IN2O4S. The Kier molecular flexibility index (Phi) is 7.92. The van der Waals surface area contributed by atoms with E-state index in [4.69, 9.17) is 5.11 Å². The molecule has 0 aliphatic rings. The normalized spacial score (nSPS) is 10.2. The fourth-order valence-corrected chi connectivity index (χ4v) is 3.10. The zero-order valence-corrected chi connectivity index (χ0v) is 16.7. The maximum absolute atomic E-state index is 12.0. The number of rotatable bonds is 8. The van der Waals surface area contributed by atoms with Gasteiger partial charge in [0.05, 0.1) is 12.2 Å². The zero-order chi connectivity index (χ0) is 18.9. The van der Waals surface area contributed by atoms with Crippen LogP contribution in [0.5, 0.6) is 0 Å². The smallest absolute Gasteiger partial charge is 0.303 e. The van der Waals surface area contributed by atoms with Gasteiger partial charge in [-0.1, -0.05) is 6.07 Å². The Labute approximate surface area is 168 Å². The zero-order valence-electron chi connectivity index (χ0n) is 13.7. The molecule has 8 heteroatoms. The highest BCUT2D eigenvalue weighted by Gasteiger charge is 2.08. The Morgan fingerprint density at radius 1 is 0.923 bits per heavy atom. The van der Waals surface area contributed by atoms with Crippen LogP contribution in [0.3, 0.4) is 0 Å². The van der Waals surface area contributed by atoms with Gasteiger partial charge in [0, 0.05) is 26.3 Å². The molecule has 0 fully saturated rings. The number of carbonyl (C=O) groups excluding carboxylic acids is 2. The summed E-state index contributed by atoms with van der Waals surface area (Å²) in [5.41, 5.74) is 1.32. The van der Waals surface area contributed by atoms with Gasteiger partial charge >= 0.3 is 5.97 Å². The van der Waals surface area contributed by atoms with Gasteiger partial charge in [-0.3, -0.25) is 14.4 Å².